The number of nitrogens with zero attached hydrogens (tertiary/aromatic N) is 1. The Hall–Kier alpha value is -2.43. The standard InChI is InChI=1S/C22H24N2O3/c1-10-5-4-6-11(2)19(10)23-20(25)12(3)24-21(26)17-13-7-8-14(16-9-15(13)16)18(17)22(24)27/h4-8,12-18H,9H2,1-3H3,(H,23,25)/t12-,13-,14-,15-,16+,17-,18+/m0/s1. The number of imide groups is 1. The molecule has 1 heterocycles. The van der Waals surface area contributed by atoms with E-state index in [0.29, 0.717) is 11.8 Å². The molecule has 4 aliphatic carbocycles. The summed E-state index contributed by atoms with van der Waals surface area (Å²) in [5, 5.41) is 2.93. The molecule has 27 heavy (non-hydrogen) atoms. The summed E-state index contributed by atoms with van der Waals surface area (Å²) in [5.74, 6) is 0.364. The number of allylic oxidation sites excluding steroid dienone is 2. The van der Waals surface area contributed by atoms with Crippen LogP contribution >= 0.6 is 0 Å². The van der Waals surface area contributed by atoms with Crippen LogP contribution in [0.4, 0.5) is 5.69 Å². The summed E-state index contributed by atoms with van der Waals surface area (Å²) in [7, 11) is 0. The summed E-state index contributed by atoms with van der Waals surface area (Å²) in [6, 6.07) is 5.01. The summed E-state index contributed by atoms with van der Waals surface area (Å²) in [4.78, 5) is 40.4. The zero-order chi connectivity index (χ0) is 19.0. The van der Waals surface area contributed by atoms with Crippen molar-refractivity contribution in [3.63, 3.8) is 0 Å². The number of aryl methyl sites for hydroxylation is 2. The number of hydrogen-bond donors (Lipinski definition) is 1. The highest BCUT2D eigenvalue weighted by Gasteiger charge is 2.67. The quantitative estimate of drug-likeness (QED) is 0.662. The first-order valence-corrected chi connectivity index (χ1v) is 9.82. The van der Waals surface area contributed by atoms with E-state index in [1.165, 1.54) is 4.90 Å². The number of para-hydroxylation sites is 1. The van der Waals surface area contributed by atoms with E-state index < -0.39 is 6.04 Å². The molecule has 1 N–H and O–H groups in total. The van der Waals surface area contributed by atoms with Crippen LogP contribution in [0.5, 0.6) is 0 Å². The maximum Gasteiger partial charge on any atom is 0.247 e. The Morgan fingerprint density at radius 2 is 1.56 bits per heavy atom. The van der Waals surface area contributed by atoms with Crippen LogP contribution in [-0.4, -0.2) is 28.7 Å². The van der Waals surface area contributed by atoms with Crippen LogP contribution < -0.4 is 5.32 Å². The highest BCUT2D eigenvalue weighted by Crippen LogP contribution is 2.65. The predicted molar refractivity (Wildman–Crippen MR) is 101 cm³/mol. The minimum atomic E-state index is -0.801. The molecule has 3 fully saturated rings. The van der Waals surface area contributed by atoms with Crippen molar-refractivity contribution < 1.29 is 14.4 Å². The highest BCUT2D eigenvalue weighted by atomic mass is 16.2. The van der Waals surface area contributed by atoms with Crippen LogP contribution in [-0.2, 0) is 14.4 Å². The van der Waals surface area contributed by atoms with Crippen LogP contribution in [0.1, 0.15) is 24.5 Å². The molecule has 0 unspecified atom stereocenters. The molecule has 7 atom stereocenters. The summed E-state index contributed by atoms with van der Waals surface area (Å²) in [6.07, 6.45) is 5.44. The Balaban J connectivity index is 1.40. The third-order valence-electron chi connectivity index (χ3n) is 7.19. The molecule has 5 nitrogen and oxygen atoms in total. The van der Waals surface area contributed by atoms with Gasteiger partial charge in [-0.15, -0.1) is 0 Å². The number of anilines is 1. The van der Waals surface area contributed by atoms with Gasteiger partial charge in [0.05, 0.1) is 11.8 Å². The van der Waals surface area contributed by atoms with Crippen LogP contribution in [0.15, 0.2) is 30.4 Å². The van der Waals surface area contributed by atoms with Crippen molar-refractivity contribution in [2.45, 2.75) is 33.2 Å². The van der Waals surface area contributed by atoms with Crippen molar-refractivity contribution in [1.82, 2.24) is 4.90 Å². The lowest BCUT2D eigenvalue weighted by molar-refractivity contribution is -0.146. The van der Waals surface area contributed by atoms with Gasteiger partial charge in [0, 0.05) is 5.69 Å². The van der Waals surface area contributed by atoms with Crippen molar-refractivity contribution in [3.05, 3.63) is 41.5 Å². The molecular weight excluding hydrogens is 340 g/mol. The van der Waals surface area contributed by atoms with E-state index >= 15 is 0 Å². The van der Waals surface area contributed by atoms with Gasteiger partial charge < -0.3 is 5.32 Å². The number of carbonyl (C=O) groups excluding carboxylic acids is 3. The lowest BCUT2D eigenvalue weighted by atomic mass is 9.63. The number of hydrogen-bond acceptors (Lipinski definition) is 3. The summed E-state index contributed by atoms with van der Waals surface area (Å²) in [5.41, 5.74) is 2.69. The van der Waals surface area contributed by atoms with Gasteiger partial charge in [0.15, 0.2) is 0 Å². The number of rotatable bonds is 3. The molecule has 5 heteroatoms. The Labute approximate surface area is 158 Å². The second-order valence-electron chi connectivity index (χ2n) is 8.63. The molecule has 1 aromatic carbocycles. The average molecular weight is 364 g/mol. The van der Waals surface area contributed by atoms with E-state index in [2.05, 4.69) is 17.5 Å². The summed E-state index contributed by atoms with van der Waals surface area (Å²) >= 11 is 0. The molecule has 0 spiro atoms. The van der Waals surface area contributed by atoms with E-state index in [1.807, 2.05) is 32.0 Å². The van der Waals surface area contributed by atoms with Gasteiger partial charge in [-0.1, -0.05) is 30.4 Å². The molecule has 1 aliphatic heterocycles. The molecule has 3 amide bonds. The topological polar surface area (TPSA) is 66.5 Å². The molecule has 6 rings (SSSR count). The second-order valence-corrected chi connectivity index (χ2v) is 8.63. The van der Waals surface area contributed by atoms with Crippen molar-refractivity contribution >= 4 is 23.4 Å². The van der Waals surface area contributed by atoms with E-state index in [4.69, 9.17) is 0 Å². The zero-order valence-electron chi connectivity index (χ0n) is 15.8. The molecule has 2 saturated carbocycles. The molecule has 1 aromatic rings. The first kappa shape index (κ1) is 16.7. The summed E-state index contributed by atoms with van der Waals surface area (Å²) < 4.78 is 0. The molecule has 1 saturated heterocycles. The van der Waals surface area contributed by atoms with E-state index in [9.17, 15) is 14.4 Å². The monoisotopic (exact) mass is 364 g/mol. The molecular formula is C22H24N2O3. The average Bonchev–Trinajstić information content (AvgIpc) is 3.42. The SMILES string of the molecule is Cc1cccc(C)c1NC(=O)[C@H](C)N1C(=O)[C@@H]2[C@H]3C=C[C@@H]([C@@H]4C[C@H]34)[C@@H]2C1=O. The smallest absolute Gasteiger partial charge is 0.247 e. The van der Waals surface area contributed by atoms with Crippen LogP contribution in [0, 0.1) is 49.4 Å². The lowest BCUT2D eigenvalue weighted by Gasteiger charge is -2.37. The van der Waals surface area contributed by atoms with Gasteiger partial charge in [0.2, 0.25) is 17.7 Å². The Bertz CT molecular complexity index is 849. The summed E-state index contributed by atoms with van der Waals surface area (Å²) in [6.45, 7) is 5.53. The van der Waals surface area contributed by atoms with E-state index in [0.717, 1.165) is 23.2 Å². The molecule has 5 aliphatic rings. The Kier molecular flexibility index (Phi) is 3.43. The number of amides is 3. The minimum Gasteiger partial charge on any atom is -0.324 e. The maximum absolute atomic E-state index is 13.1. The highest BCUT2D eigenvalue weighted by molar-refractivity contribution is 6.10. The van der Waals surface area contributed by atoms with Crippen LogP contribution in [0.3, 0.4) is 0 Å². The molecule has 0 aromatic heterocycles. The van der Waals surface area contributed by atoms with Crippen molar-refractivity contribution in [3.8, 4) is 0 Å². The van der Waals surface area contributed by atoms with E-state index in [1.54, 1.807) is 6.92 Å². The largest absolute Gasteiger partial charge is 0.324 e. The first-order valence-electron chi connectivity index (χ1n) is 9.82. The molecule has 140 valence electrons. The maximum atomic E-state index is 13.1. The van der Waals surface area contributed by atoms with Gasteiger partial charge in [-0.05, 0) is 62.0 Å². The first-order chi connectivity index (χ1) is 12.9. The molecule has 2 bridgehead atoms. The Morgan fingerprint density at radius 1 is 1.04 bits per heavy atom. The molecule has 0 radical (unpaired) electrons. The zero-order valence-corrected chi connectivity index (χ0v) is 15.8. The van der Waals surface area contributed by atoms with Gasteiger partial charge in [-0.25, -0.2) is 0 Å². The third kappa shape index (κ3) is 2.20. The number of carbonyl (C=O) groups is 3. The van der Waals surface area contributed by atoms with Gasteiger partial charge in [-0.3, -0.25) is 19.3 Å². The van der Waals surface area contributed by atoms with Gasteiger partial charge in [0.1, 0.15) is 6.04 Å². The van der Waals surface area contributed by atoms with E-state index in [-0.39, 0.29) is 41.4 Å². The Morgan fingerprint density at radius 3 is 2.07 bits per heavy atom. The van der Waals surface area contributed by atoms with Gasteiger partial charge >= 0.3 is 0 Å². The van der Waals surface area contributed by atoms with Crippen LogP contribution in [0.2, 0.25) is 0 Å². The van der Waals surface area contributed by atoms with Crippen LogP contribution in [0.25, 0.3) is 0 Å². The number of nitrogens with one attached hydrogen (secondary N) is 1. The van der Waals surface area contributed by atoms with Gasteiger partial charge in [0.25, 0.3) is 0 Å². The minimum absolute atomic E-state index is 0.154. The fourth-order valence-corrected chi connectivity index (χ4v) is 5.72. The van der Waals surface area contributed by atoms with Crippen molar-refractivity contribution in [1.29, 1.82) is 0 Å². The fraction of sp³-hybridized carbons (Fsp3) is 0.500. The normalized spacial score (nSPS) is 36.5. The lowest BCUT2D eigenvalue weighted by Crippen LogP contribution is -2.46. The fourth-order valence-electron chi connectivity index (χ4n) is 5.72. The number of benzene rings is 1. The predicted octanol–water partition coefficient (Wildman–Crippen LogP) is 2.68. The van der Waals surface area contributed by atoms with Crippen molar-refractivity contribution in [2.24, 2.45) is 35.5 Å². The second kappa shape index (κ2) is 5.54. The third-order valence-corrected chi connectivity index (χ3v) is 7.19. The van der Waals surface area contributed by atoms with Gasteiger partial charge in [-0.2, -0.15) is 0 Å². The van der Waals surface area contributed by atoms with Crippen molar-refractivity contribution in [2.75, 3.05) is 5.32 Å². The number of likely N-dealkylation sites (tertiary alicyclic amines) is 1.